The van der Waals surface area contributed by atoms with Crippen LogP contribution in [0.5, 0.6) is 0 Å². The number of halogens is 5. The van der Waals surface area contributed by atoms with Crippen LogP contribution in [0.15, 0.2) is 0 Å². The van der Waals surface area contributed by atoms with Crippen molar-refractivity contribution in [3.05, 3.63) is 0 Å². The van der Waals surface area contributed by atoms with E-state index in [1.165, 1.54) is 6.42 Å². The van der Waals surface area contributed by atoms with Crippen molar-refractivity contribution >= 4 is 0 Å². The summed E-state index contributed by atoms with van der Waals surface area (Å²) >= 11 is 0. The Hall–Kier alpha value is -0.430. The summed E-state index contributed by atoms with van der Waals surface area (Å²) in [5.41, 5.74) is 0. The highest BCUT2D eigenvalue weighted by Gasteiger charge is 2.71. The Kier molecular flexibility index (Phi) is 5.61. The van der Waals surface area contributed by atoms with E-state index in [1.807, 2.05) is 0 Å². The molecule has 2 aliphatic rings. The summed E-state index contributed by atoms with van der Waals surface area (Å²) in [6.07, 6.45) is 0.0690. The fourth-order valence-electron chi connectivity index (χ4n) is 3.98. The minimum atomic E-state index is -5.81. The molecular formula is C16H25F5O2. The summed E-state index contributed by atoms with van der Waals surface area (Å²) in [7, 11) is 0. The third-order valence-electron chi connectivity index (χ3n) is 5.49. The van der Waals surface area contributed by atoms with Gasteiger partial charge in [-0.1, -0.05) is 32.6 Å². The monoisotopic (exact) mass is 344 g/mol. The molecule has 7 heteroatoms. The van der Waals surface area contributed by atoms with E-state index in [9.17, 15) is 27.1 Å². The molecule has 2 unspecified atom stereocenters. The smallest absolute Gasteiger partial charge is 0.361 e. The SMILES string of the molecule is CCCC1CCC(C2CCC(O)(C(F)(F)C(F)(F)F)OC2)CC1. The number of hydrogen-bond acceptors (Lipinski definition) is 2. The van der Waals surface area contributed by atoms with Crippen molar-refractivity contribution in [3.8, 4) is 0 Å². The quantitative estimate of drug-likeness (QED) is 0.735. The third-order valence-corrected chi connectivity index (χ3v) is 5.49. The van der Waals surface area contributed by atoms with Gasteiger partial charge in [-0.2, -0.15) is 22.0 Å². The van der Waals surface area contributed by atoms with Crippen LogP contribution in [0.2, 0.25) is 0 Å². The molecule has 2 rings (SSSR count). The van der Waals surface area contributed by atoms with E-state index >= 15 is 0 Å². The second-order valence-corrected chi connectivity index (χ2v) is 7.04. The minimum Gasteiger partial charge on any atom is -0.361 e. The lowest BCUT2D eigenvalue weighted by molar-refractivity contribution is -0.416. The Balaban J connectivity index is 1.89. The summed E-state index contributed by atoms with van der Waals surface area (Å²) < 4.78 is 68.8. The Morgan fingerprint density at radius 3 is 2.04 bits per heavy atom. The first-order valence-electron chi connectivity index (χ1n) is 8.41. The van der Waals surface area contributed by atoms with E-state index in [0.29, 0.717) is 11.8 Å². The lowest BCUT2D eigenvalue weighted by Crippen LogP contribution is -2.60. The molecule has 136 valence electrons. The maximum Gasteiger partial charge on any atom is 0.459 e. The predicted molar refractivity (Wildman–Crippen MR) is 75.0 cm³/mol. The number of aliphatic hydroxyl groups is 1. The minimum absolute atomic E-state index is 0.0399. The van der Waals surface area contributed by atoms with Crippen LogP contribution in [-0.2, 0) is 4.74 Å². The van der Waals surface area contributed by atoms with Crippen LogP contribution in [0, 0.1) is 17.8 Å². The first kappa shape index (κ1) is 18.9. The fourth-order valence-corrected chi connectivity index (χ4v) is 3.98. The van der Waals surface area contributed by atoms with E-state index in [0.717, 1.165) is 32.1 Å². The van der Waals surface area contributed by atoms with E-state index in [2.05, 4.69) is 11.7 Å². The van der Waals surface area contributed by atoms with Gasteiger partial charge in [-0.3, -0.25) is 0 Å². The highest BCUT2D eigenvalue weighted by atomic mass is 19.4. The molecule has 1 aliphatic carbocycles. The van der Waals surface area contributed by atoms with Crippen LogP contribution in [0.4, 0.5) is 22.0 Å². The van der Waals surface area contributed by atoms with Gasteiger partial charge in [-0.05, 0) is 37.0 Å². The molecule has 23 heavy (non-hydrogen) atoms. The van der Waals surface area contributed by atoms with Gasteiger partial charge in [0, 0.05) is 6.42 Å². The van der Waals surface area contributed by atoms with Crippen molar-refractivity contribution in [2.24, 2.45) is 17.8 Å². The van der Waals surface area contributed by atoms with Crippen molar-refractivity contribution in [1.29, 1.82) is 0 Å². The molecule has 0 aromatic carbocycles. The second-order valence-electron chi connectivity index (χ2n) is 7.04. The Bertz CT molecular complexity index is 380. The summed E-state index contributed by atoms with van der Waals surface area (Å²) in [6.45, 7) is 1.91. The van der Waals surface area contributed by atoms with Gasteiger partial charge in [0.15, 0.2) is 0 Å². The van der Waals surface area contributed by atoms with Crippen molar-refractivity contribution in [3.63, 3.8) is 0 Å². The van der Waals surface area contributed by atoms with Crippen molar-refractivity contribution in [1.82, 2.24) is 0 Å². The van der Waals surface area contributed by atoms with E-state index in [4.69, 9.17) is 0 Å². The summed E-state index contributed by atoms with van der Waals surface area (Å²) in [6, 6.07) is 0. The second kappa shape index (κ2) is 6.82. The molecule has 0 aromatic rings. The zero-order chi connectivity index (χ0) is 17.3. The van der Waals surface area contributed by atoms with Crippen molar-refractivity contribution in [2.75, 3.05) is 6.61 Å². The van der Waals surface area contributed by atoms with Gasteiger partial charge in [-0.25, -0.2) is 0 Å². The Morgan fingerprint density at radius 1 is 1.00 bits per heavy atom. The molecule has 0 aromatic heterocycles. The maximum absolute atomic E-state index is 13.4. The molecule has 1 heterocycles. The molecule has 2 atom stereocenters. The van der Waals surface area contributed by atoms with Gasteiger partial charge >= 0.3 is 12.1 Å². The van der Waals surface area contributed by atoms with Crippen molar-refractivity contribution < 1.29 is 31.8 Å². The number of ether oxygens (including phenoxy) is 1. The molecule has 1 saturated heterocycles. The first-order chi connectivity index (χ1) is 10.6. The van der Waals surface area contributed by atoms with Gasteiger partial charge in [0.1, 0.15) is 0 Å². The van der Waals surface area contributed by atoms with Gasteiger partial charge in [0.05, 0.1) is 6.61 Å². The van der Waals surface area contributed by atoms with E-state index < -0.39 is 24.3 Å². The van der Waals surface area contributed by atoms with Crippen LogP contribution in [0.1, 0.15) is 58.3 Å². The van der Waals surface area contributed by atoms with Gasteiger partial charge in [0.25, 0.3) is 0 Å². The van der Waals surface area contributed by atoms with Gasteiger partial charge in [0.2, 0.25) is 5.79 Å². The first-order valence-corrected chi connectivity index (χ1v) is 8.41. The molecule has 0 bridgehead atoms. The molecular weight excluding hydrogens is 319 g/mol. The zero-order valence-electron chi connectivity index (χ0n) is 13.3. The lowest BCUT2D eigenvalue weighted by Gasteiger charge is -2.44. The maximum atomic E-state index is 13.4. The topological polar surface area (TPSA) is 29.5 Å². The lowest BCUT2D eigenvalue weighted by atomic mass is 9.72. The highest BCUT2D eigenvalue weighted by Crippen LogP contribution is 2.49. The molecule has 1 N–H and O–H groups in total. The Labute approximate surface area is 133 Å². The summed E-state index contributed by atoms with van der Waals surface area (Å²) in [5.74, 6) is -7.72. The average molecular weight is 344 g/mol. The van der Waals surface area contributed by atoms with Gasteiger partial charge < -0.3 is 9.84 Å². The number of rotatable bonds is 4. The molecule has 0 spiro atoms. The fraction of sp³-hybridized carbons (Fsp3) is 1.00. The normalized spacial score (nSPS) is 36.9. The molecule has 2 fully saturated rings. The van der Waals surface area contributed by atoms with Gasteiger partial charge in [-0.15, -0.1) is 0 Å². The molecule has 2 nitrogen and oxygen atoms in total. The highest BCUT2D eigenvalue weighted by molar-refractivity contribution is 4.95. The van der Waals surface area contributed by atoms with Crippen LogP contribution in [0.25, 0.3) is 0 Å². The third kappa shape index (κ3) is 3.81. The van der Waals surface area contributed by atoms with Crippen molar-refractivity contribution in [2.45, 2.75) is 76.2 Å². The molecule has 1 aliphatic heterocycles. The van der Waals surface area contributed by atoms with E-state index in [-0.39, 0.29) is 18.9 Å². The van der Waals surface area contributed by atoms with Crippen LogP contribution in [0.3, 0.4) is 0 Å². The molecule has 0 amide bonds. The largest absolute Gasteiger partial charge is 0.459 e. The number of alkyl halides is 5. The van der Waals surface area contributed by atoms with E-state index in [1.54, 1.807) is 0 Å². The van der Waals surface area contributed by atoms with Crippen LogP contribution >= 0.6 is 0 Å². The average Bonchev–Trinajstić information content (AvgIpc) is 2.48. The summed E-state index contributed by atoms with van der Waals surface area (Å²) in [4.78, 5) is 0. The number of hydrogen-bond donors (Lipinski definition) is 1. The van der Waals surface area contributed by atoms with Crippen LogP contribution < -0.4 is 0 Å². The van der Waals surface area contributed by atoms with Crippen LogP contribution in [-0.4, -0.2) is 29.6 Å². The summed E-state index contributed by atoms with van der Waals surface area (Å²) in [5, 5.41) is 9.67. The predicted octanol–water partition coefficient (Wildman–Crippen LogP) is 4.91. The Morgan fingerprint density at radius 2 is 1.61 bits per heavy atom. The molecule has 1 saturated carbocycles. The zero-order valence-corrected chi connectivity index (χ0v) is 13.3. The molecule has 0 radical (unpaired) electrons. The standard InChI is InChI=1S/C16H25F5O2/c1-2-3-11-4-6-12(7-5-11)13-8-9-14(22,23-10-13)15(17,18)16(19,20)21/h11-13,22H,2-10H2,1H3.